The first-order chi connectivity index (χ1) is 10.8. The van der Waals surface area contributed by atoms with E-state index in [0.717, 1.165) is 16.3 Å². The minimum absolute atomic E-state index is 0.455. The molecule has 0 spiro atoms. The van der Waals surface area contributed by atoms with Crippen molar-refractivity contribution in [3.63, 3.8) is 0 Å². The van der Waals surface area contributed by atoms with Crippen molar-refractivity contribution in [2.45, 2.75) is 0 Å². The van der Waals surface area contributed by atoms with Crippen molar-refractivity contribution in [2.75, 3.05) is 5.43 Å². The molecule has 2 aromatic heterocycles. The highest BCUT2D eigenvalue weighted by atomic mass is 35.5. The first-order valence-corrected chi connectivity index (χ1v) is 7.96. The number of aromatic nitrogens is 2. The van der Waals surface area contributed by atoms with Crippen molar-refractivity contribution >= 4 is 50.6 Å². The lowest BCUT2D eigenvalue weighted by molar-refractivity contribution is 1.21. The summed E-state index contributed by atoms with van der Waals surface area (Å²) in [7, 11) is 0. The largest absolute Gasteiger partial charge is 0.288 e. The Hall–Kier alpha value is -2.37. The predicted molar refractivity (Wildman–Crippen MR) is 93.2 cm³/mol. The van der Waals surface area contributed by atoms with Crippen molar-refractivity contribution in [2.24, 2.45) is 5.10 Å². The van der Waals surface area contributed by atoms with E-state index in [-0.39, 0.29) is 0 Å². The summed E-state index contributed by atoms with van der Waals surface area (Å²) in [6.45, 7) is 0. The molecule has 0 unspecified atom stereocenters. The molecule has 108 valence electrons. The van der Waals surface area contributed by atoms with E-state index >= 15 is 0 Å². The van der Waals surface area contributed by atoms with E-state index in [1.54, 1.807) is 6.21 Å². The van der Waals surface area contributed by atoms with Crippen LogP contribution in [0.25, 0.3) is 15.7 Å². The zero-order chi connectivity index (χ0) is 14.9. The first kappa shape index (κ1) is 13.3. The zero-order valence-electron chi connectivity index (χ0n) is 11.4. The van der Waals surface area contributed by atoms with Crippen LogP contribution in [0.1, 0.15) is 5.69 Å². The molecule has 2 aromatic carbocycles. The van der Waals surface area contributed by atoms with Gasteiger partial charge in [0.05, 0.1) is 11.9 Å². The van der Waals surface area contributed by atoms with Crippen LogP contribution in [0.15, 0.2) is 59.1 Å². The molecule has 0 fully saturated rings. The van der Waals surface area contributed by atoms with Crippen molar-refractivity contribution in [3.8, 4) is 0 Å². The molecule has 0 aliphatic heterocycles. The summed E-state index contributed by atoms with van der Waals surface area (Å²) < 4.78 is 1.92. The topological polar surface area (TPSA) is 41.7 Å². The highest BCUT2D eigenvalue weighted by Crippen LogP contribution is 2.21. The van der Waals surface area contributed by atoms with Crippen LogP contribution in [0.3, 0.4) is 0 Å². The number of nitrogens with one attached hydrogen (secondary N) is 1. The third kappa shape index (κ3) is 2.34. The Morgan fingerprint density at radius 1 is 1.18 bits per heavy atom. The standard InChI is InChI=1S/C16H11ClN4S/c17-15-14(21-7-8-22-16(21)19-15)10-18-20-13-6-5-11-3-1-2-4-12(11)9-13/h1-10,20H/b18-10+. The van der Waals surface area contributed by atoms with Gasteiger partial charge in [0.2, 0.25) is 0 Å². The van der Waals surface area contributed by atoms with Gasteiger partial charge in [0, 0.05) is 11.6 Å². The predicted octanol–water partition coefficient (Wildman–Crippen LogP) is 4.65. The Bertz CT molecular complexity index is 986. The summed E-state index contributed by atoms with van der Waals surface area (Å²) >= 11 is 7.66. The lowest BCUT2D eigenvalue weighted by Crippen LogP contribution is -1.93. The number of hydrogen-bond donors (Lipinski definition) is 1. The van der Waals surface area contributed by atoms with E-state index in [9.17, 15) is 0 Å². The van der Waals surface area contributed by atoms with E-state index in [1.807, 2.05) is 34.2 Å². The SMILES string of the molecule is Clc1nc2sccn2c1/C=N/Nc1ccc2ccccc2c1. The van der Waals surface area contributed by atoms with Crippen LogP contribution < -0.4 is 5.43 Å². The van der Waals surface area contributed by atoms with Crippen LogP contribution in [0, 0.1) is 0 Å². The maximum absolute atomic E-state index is 6.12. The molecule has 0 radical (unpaired) electrons. The number of thiazole rings is 1. The maximum Gasteiger partial charge on any atom is 0.195 e. The molecule has 0 atom stereocenters. The number of imidazole rings is 1. The molecule has 22 heavy (non-hydrogen) atoms. The number of halogens is 1. The van der Waals surface area contributed by atoms with Crippen LogP contribution in [-0.4, -0.2) is 15.6 Å². The highest BCUT2D eigenvalue weighted by Gasteiger charge is 2.08. The molecule has 0 saturated carbocycles. The minimum Gasteiger partial charge on any atom is -0.288 e. The van der Waals surface area contributed by atoms with Crippen LogP contribution in [-0.2, 0) is 0 Å². The Balaban J connectivity index is 1.60. The normalized spacial score (nSPS) is 11.7. The Labute approximate surface area is 135 Å². The van der Waals surface area contributed by atoms with Gasteiger partial charge in [-0.25, -0.2) is 4.98 Å². The van der Waals surface area contributed by atoms with Gasteiger partial charge < -0.3 is 0 Å². The van der Waals surface area contributed by atoms with E-state index in [4.69, 9.17) is 11.6 Å². The van der Waals surface area contributed by atoms with E-state index < -0.39 is 0 Å². The molecule has 6 heteroatoms. The molecule has 0 aliphatic carbocycles. The second-order valence-corrected chi connectivity index (χ2v) is 6.01. The summed E-state index contributed by atoms with van der Waals surface area (Å²) in [5.74, 6) is 0. The van der Waals surface area contributed by atoms with E-state index in [2.05, 4.69) is 39.8 Å². The summed E-state index contributed by atoms with van der Waals surface area (Å²) in [5, 5.41) is 9.06. The van der Waals surface area contributed by atoms with Crippen LogP contribution in [0.4, 0.5) is 5.69 Å². The van der Waals surface area contributed by atoms with Gasteiger partial charge in [-0.2, -0.15) is 5.10 Å². The van der Waals surface area contributed by atoms with Crippen LogP contribution in [0.5, 0.6) is 0 Å². The fourth-order valence-corrected chi connectivity index (χ4v) is 3.31. The average molecular weight is 327 g/mol. The lowest BCUT2D eigenvalue weighted by atomic mass is 10.1. The molecule has 0 amide bonds. The minimum atomic E-state index is 0.455. The molecule has 0 saturated heterocycles. The quantitative estimate of drug-likeness (QED) is 0.440. The van der Waals surface area contributed by atoms with Crippen molar-refractivity contribution < 1.29 is 0 Å². The van der Waals surface area contributed by atoms with Gasteiger partial charge in [-0.1, -0.05) is 41.9 Å². The number of hydrazone groups is 1. The number of fused-ring (bicyclic) bond motifs is 2. The zero-order valence-corrected chi connectivity index (χ0v) is 13.0. The van der Waals surface area contributed by atoms with Gasteiger partial charge >= 0.3 is 0 Å². The van der Waals surface area contributed by atoms with E-state index in [0.29, 0.717) is 5.15 Å². The van der Waals surface area contributed by atoms with Crippen LogP contribution >= 0.6 is 22.9 Å². The Kier molecular flexibility index (Phi) is 3.29. The number of anilines is 1. The third-order valence-corrected chi connectivity index (χ3v) is 4.42. The van der Waals surface area contributed by atoms with Gasteiger partial charge in [-0.15, -0.1) is 11.3 Å². The monoisotopic (exact) mass is 326 g/mol. The molecule has 0 aliphatic rings. The molecular formula is C16H11ClN4S. The van der Waals surface area contributed by atoms with Gasteiger partial charge in [0.25, 0.3) is 0 Å². The van der Waals surface area contributed by atoms with Gasteiger partial charge in [0.1, 0.15) is 5.69 Å². The van der Waals surface area contributed by atoms with Gasteiger partial charge in [-0.3, -0.25) is 9.83 Å². The molecule has 4 rings (SSSR count). The summed E-state index contributed by atoms with van der Waals surface area (Å²) in [5.41, 5.74) is 4.73. The lowest BCUT2D eigenvalue weighted by Gasteiger charge is -2.02. The average Bonchev–Trinajstić information content (AvgIpc) is 3.09. The number of rotatable bonds is 3. The van der Waals surface area contributed by atoms with E-state index in [1.165, 1.54) is 22.1 Å². The van der Waals surface area contributed by atoms with Crippen molar-refractivity contribution in [3.05, 3.63) is 64.9 Å². The highest BCUT2D eigenvalue weighted by molar-refractivity contribution is 7.15. The summed E-state index contributed by atoms with van der Waals surface area (Å²) in [6, 6.07) is 14.3. The van der Waals surface area contributed by atoms with Crippen molar-refractivity contribution in [1.82, 2.24) is 9.38 Å². The molecule has 1 N–H and O–H groups in total. The molecular weight excluding hydrogens is 316 g/mol. The summed E-state index contributed by atoms with van der Waals surface area (Å²) in [4.78, 5) is 5.13. The fraction of sp³-hybridized carbons (Fsp3) is 0. The first-order valence-electron chi connectivity index (χ1n) is 6.70. The van der Waals surface area contributed by atoms with Crippen molar-refractivity contribution in [1.29, 1.82) is 0 Å². The second-order valence-electron chi connectivity index (χ2n) is 4.78. The fourth-order valence-electron chi connectivity index (χ4n) is 2.32. The molecule has 2 heterocycles. The smallest absolute Gasteiger partial charge is 0.195 e. The number of hydrogen-bond acceptors (Lipinski definition) is 4. The number of nitrogens with zero attached hydrogens (tertiary/aromatic N) is 3. The van der Waals surface area contributed by atoms with Crippen LogP contribution in [0.2, 0.25) is 5.15 Å². The second kappa shape index (κ2) is 5.44. The maximum atomic E-state index is 6.12. The molecule has 0 bridgehead atoms. The van der Waals surface area contributed by atoms with Gasteiger partial charge in [-0.05, 0) is 22.9 Å². The van der Waals surface area contributed by atoms with Gasteiger partial charge in [0.15, 0.2) is 10.1 Å². The summed E-state index contributed by atoms with van der Waals surface area (Å²) in [6.07, 6.45) is 3.61. The Morgan fingerprint density at radius 3 is 2.95 bits per heavy atom. The molecule has 4 aromatic rings. The Morgan fingerprint density at radius 2 is 2.05 bits per heavy atom. The molecule has 4 nitrogen and oxygen atoms in total. The number of benzene rings is 2. The third-order valence-electron chi connectivity index (χ3n) is 3.38.